The van der Waals surface area contributed by atoms with Crippen molar-refractivity contribution in [1.82, 2.24) is 0 Å². The number of halogens is 2. The lowest BCUT2D eigenvalue weighted by Gasteiger charge is -2.07. The minimum Gasteiger partial charge on any atom is -0.495 e. The summed E-state index contributed by atoms with van der Waals surface area (Å²) < 4.78 is 16.5. The number of rotatable bonds is 3. The molecule has 1 aromatic rings. The van der Waals surface area contributed by atoms with E-state index < -0.39 is 5.97 Å². The van der Waals surface area contributed by atoms with Crippen LogP contribution in [0.2, 0.25) is 5.02 Å². The highest BCUT2D eigenvalue weighted by Gasteiger charge is 2.06. The summed E-state index contributed by atoms with van der Waals surface area (Å²) in [6.45, 7) is 1.77. The molecule has 16 heavy (non-hydrogen) atoms. The Bertz CT molecular complexity index is 429. The Hall–Kier alpha value is -1.55. The summed E-state index contributed by atoms with van der Waals surface area (Å²) in [5, 5.41) is 0.457. The van der Waals surface area contributed by atoms with E-state index in [0.717, 1.165) is 11.6 Å². The van der Waals surface area contributed by atoms with Crippen LogP contribution < -0.4 is 4.74 Å². The normalized spacial score (nSPS) is 10.5. The van der Waals surface area contributed by atoms with E-state index in [2.05, 4.69) is 4.94 Å². The van der Waals surface area contributed by atoms with Crippen molar-refractivity contribution < 1.29 is 19.0 Å². The Morgan fingerprint density at radius 2 is 2.19 bits per heavy atom. The van der Waals surface area contributed by atoms with E-state index in [0.29, 0.717) is 16.3 Å². The standard InChI is InChI=1S/C11H10ClFO3/c1-7-8(4-6-10(14)16-13)3-5-9(15-2)11(7)12/h3-6H,1-2H3/b6-4+. The predicted molar refractivity (Wildman–Crippen MR) is 59.0 cm³/mol. The molecule has 1 rings (SSSR count). The summed E-state index contributed by atoms with van der Waals surface area (Å²) in [6.07, 6.45) is 2.40. The first-order valence-corrected chi connectivity index (χ1v) is 4.81. The van der Waals surface area contributed by atoms with Gasteiger partial charge in [0, 0.05) is 10.6 Å². The Morgan fingerprint density at radius 1 is 1.50 bits per heavy atom. The van der Waals surface area contributed by atoms with Gasteiger partial charge in [-0.25, -0.2) is 4.79 Å². The zero-order valence-corrected chi connectivity index (χ0v) is 9.55. The van der Waals surface area contributed by atoms with Gasteiger partial charge in [0.15, 0.2) is 0 Å². The summed E-state index contributed by atoms with van der Waals surface area (Å²) in [5.41, 5.74) is 1.43. The molecule has 0 spiro atoms. The second-order valence-corrected chi connectivity index (χ2v) is 3.40. The third-order valence-corrected chi connectivity index (χ3v) is 2.56. The van der Waals surface area contributed by atoms with Gasteiger partial charge in [0.1, 0.15) is 5.75 Å². The van der Waals surface area contributed by atoms with Crippen LogP contribution in [0.3, 0.4) is 0 Å². The molecule has 0 radical (unpaired) electrons. The molecule has 86 valence electrons. The van der Waals surface area contributed by atoms with Crippen molar-refractivity contribution in [3.05, 3.63) is 34.4 Å². The van der Waals surface area contributed by atoms with E-state index in [9.17, 15) is 9.32 Å². The second-order valence-electron chi connectivity index (χ2n) is 3.03. The topological polar surface area (TPSA) is 35.5 Å². The summed E-state index contributed by atoms with van der Waals surface area (Å²) in [5.74, 6) is -0.518. The molecular formula is C11H10ClFO3. The number of hydrogen-bond donors (Lipinski definition) is 0. The first kappa shape index (κ1) is 12.5. The van der Waals surface area contributed by atoms with Gasteiger partial charge < -0.3 is 4.74 Å². The summed E-state index contributed by atoms with van der Waals surface area (Å²) in [4.78, 5) is 13.6. The molecule has 0 aliphatic rings. The van der Waals surface area contributed by atoms with Gasteiger partial charge in [-0.05, 0) is 30.2 Å². The second kappa shape index (κ2) is 5.51. The summed E-state index contributed by atoms with van der Waals surface area (Å²) in [6, 6.07) is 3.37. The van der Waals surface area contributed by atoms with E-state index in [-0.39, 0.29) is 0 Å². The molecule has 0 heterocycles. The van der Waals surface area contributed by atoms with Crippen molar-refractivity contribution in [3.63, 3.8) is 0 Å². The summed E-state index contributed by atoms with van der Waals surface area (Å²) >= 11 is 6.00. The van der Waals surface area contributed by atoms with Gasteiger partial charge in [-0.1, -0.05) is 17.7 Å². The van der Waals surface area contributed by atoms with Gasteiger partial charge in [-0.2, -0.15) is 0 Å². The van der Waals surface area contributed by atoms with Crippen molar-refractivity contribution in [3.8, 4) is 5.75 Å². The lowest BCUT2D eigenvalue weighted by Crippen LogP contribution is -1.92. The van der Waals surface area contributed by atoms with Crippen molar-refractivity contribution >= 4 is 23.6 Å². The van der Waals surface area contributed by atoms with Gasteiger partial charge in [-0.15, -0.1) is 0 Å². The first-order valence-electron chi connectivity index (χ1n) is 4.44. The van der Waals surface area contributed by atoms with Crippen LogP contribution in [0.25, 0.3) is 6.08 Å². The molecule has 5 heteroatoms. The molecule has 1 aromatic carbocycles. The smallest absolute Gasteiger partial charge is 0.372 e. The lowest BCUT2D eigenvalue weighted by molar-refractivity contribution is -0.176. The molecule has 0 aliphatic carbocycles. The Balaban J connectivity index is 3.03. The van der Waals surface area contributed by atoms with Gasteiger partial charge in [-0.3, -0.25) is 4.94 Å². The molecule has 0 saturated carbocycles. The fraction of sp³-hybridized carbons (Fsp3) is 0.182. The molecule has 0 unspecified atom stereocenters. The van der Waals surface area contributed by atoms with Crippen LogP contribution in [0.15, 0.2) is 18.2 Å². The maximum Gasteiger partial charge on any atom is 0.372 e. The van der Waals surface area contributed by atoms with E-state index in [1.165, 1.54) is 13.2 Å². The number of methoxy groups -OCH3 is 1. The van der Waals surface area contributed by atoms with E-state index in [1.807, 2.05) is 0 Å². The molecule has 0 aliphatic heterocycles. The van der Waals surface area contributed by atoms with E-state index in [4.69, 9.17) is 16.3 Å². The number of hydrogen-bond acceptors (Lipinski definition) is 3. The van der Waals surface area contributed by atoms with Crippen molar-refractivity contribution in [2.24, 2.45) is 0 Å². The minimum atomic E-state index is -1.06. The highest BCUT2D eigenvalue weighted by Crippen LogP contribution is 2.30. The number of ether oxygens (including phenoxy) is 1. The molecule has 3 nitrogen and oxygen atoms in total. The van der Waals surface area contributed by atoms with Gasteiger partial charge >= 0.3 is 5.97 Å². The molecule has 0 bridgehead atoms. The monoisotopic (exact) mass is 244 g/mol. The van der Waals surface area contributed by atoms with Gasteiger partial charge in [0.05, 0.1) is 12.1 Å². The third kappa shape index (κ3) is 2.73. The molecule has 0 atom stereocenters. The quantitative estimate of drug-likeness (QED) is 0.767. The number of carbonyl (C=O) groups excluding carboxylic acids is 1. The fourth-order valence-corrected chi connectivity index (χ4v) is 1.45. The van der Waals surface area contributed by atoms with Crippen molar-refractivity contribution in [2.75, 3.05) is 7.11 Å². The average Bonchev–Trinajstić information content (AvgIpc) is 2.30. The van der Waals surface area contributed by atoms with Crippen LogP contribution in [0, 0.1) is 6.92 Å². The van der Waals surface area contributed by atoms with Gasteiger partial charge in [0.25, 0.3) is 0 Å². The maximum atomic E-state index is 11.4. The van der Waals surface area contributed by atoms with Crippen LogP contribution in [0.1, 0.15) is 11.1 Å². The van der Waals surface area contributed by atoms with Crippen LogP contribution in [-0.4, -0.2) is 13.1 Å². The predicted octanol–water partition coefficient (Wildman–Crippen LogP) is 3.10. The van der Waals surface area contributed by atoms with E-state index >= 15 is 0 Å². The molecular weight excluding hydrogens is 235 g/mol. The first-order chi connectivity index (χ1) is 7.60. The van der Waals surface area contributed by atoms with Crippen molar-refractivity contribution in [1.29, 1.82) is 0 Å². The Kier molecular flexibility index (Phi) is 4.31. The number of benzene rings is 1. The molecule has 0 fully saturated rings. The van der Waals surface area contributed by atoms with Crippen molar-refractivity contribution in [2.45, 2.75) is 6.92 Å². The van der Waals surface area contributed by atoms with Crippen LogP contribution in [-0.2, 0) is 9.74 Å². The largest absolute Gasteiger partial charge is 0.495 e. The highest BCUT2D eigenvalue weighted by atomic mass is 35.5. The molecule has 0 amide bonds. The van der Waals surface area contributed by atoms with Crippen LogP contribution in [0.5, 0.6) is 5.75 Å². The fourth-order valence-electron chi connectivity index (χ4n) is 1.20. The molecule has 0 saturated heterocycles. The van der Waals surface area contributed by atoms with Crippen LogP contribution >= 0.6 is 11.6 Å². The number of carbonyl (C=O) groups is 1. The third-order valence-electron chi connectivity index (χ3n) is 2.09. The SMILES string of the molecule is COc1ccc(/C=C/C(=O)OF)c(C)c1Cl. The zero-order valence-electron chi connectivity index (χ0n) is 8.79. The Morgan fingerprint density at radius 3 is 2.75 bits per heavy atom. The van der Waals surface area contributed by atoms with Crippen LogP contribution in [0.4, 0.5) is 4.53 Å². The van der Waals surface area contributed by atoms with Gasteiger partial charge in [0.2, 0.25) is 0 Å². The molecule has 0 N–H and O–H groups in total. The van der Waals surface area contributed by atoms with E-state index in [1.54, 1.807) is 19.1 Å². The lowest BCUT2D eigenvalue weighted by atomic mass is 10.1. The minimum absolute atomic E-state index is 0.457. The highest BCUT2D eigenvalue weighted by molar-refractivity contribution is 6.33. The zero-order chi connectivity index (χ0) is 12.1. The Labute approximate surface area is 97.3 Å². The summed E-state index contributed by atoms with van der Waals surface area (Å²) in [7, 11) is 1.51. The molecule has 0 aromatic heterocycles. The maximum absolute atomic E-state index is 11.4. The average molecular weight is 245 g/mol.